The van der Waals surface area contributed by atoms with E-state index >= 15 is 0 Å². The number of aromatic nitrogens is 2. The van der Waals surface area contributed by atoms with Gasteiger partial charge >= 0.3 is 0 Å². The number of hydrazine groups is 1. The van der Waals surface area contributed by atoms with Gasteiger partial charge in [-0.3, -0.25) is 10.1 Å². The van der Waals surface area contributed by atoms with Gasteiger partial charge in [-0.25, -0.2) is 15.1 Å². The SMILES string of the molecule is C=CCOc1ccc(-c2nn(-c3ccccc3)cc2/C=C2\SC3NCNN3C2=O)cc1C. The van der Waals surface area contributed by atoms with E-state index in [0.717, 1.165) is 33.8 Å². The molecule has 3 heterocycles. The molecule has 7 nitrogen and oxygen atoms in total. The molecule has 2 aromatic carbocycles. The highest BCUT2D eigenvalue weighted by molar-refractivity contribution is 8.05. The first-order valence-electron chi connectivity index (χ1n) is 10.3. The summed E-state index contributed by atoms with van der Waals surface area (Å²) in [7, 11) is 0. The van der Waals surface area contributed by atoms with Crippen LogP contribution < -0.4 is 15.5 Å². The van der Waals surface area contributed by atoms with Gasteiger partial charge in [-0.05, 0) is 48.9 Å². The molecule has 1 aromatic heterocycles. The van der Waals surface area contributed by atoms with Crippen molar-refractivity contribution >= 4 is 23.7 Å². The van der Waals surface area contributed by atoms with Gasteiger partial charge < -0.3 is 4.74 Å². The van der Waals surface area contributed by atoms with Crippen LogP contribution in [0.25, 0.3) is 23.0 Å². The number of carbonyl (C=O) groups excluding carboxylic acids is 1. The summed E-state index contributed by atoms with van der Waals surface area (Å²) in [5.41, 5.74) is 7.59. The van der Waals surface area contributed by atoms with E-state index in [4.69, 9.17) is 9.84 Å². The Kier molecular flexibility index (Phi) is 5.57. The highest BCUT2D eigenvalue weighted by Crippen LogP contribution is 2.37. The molecule has 2 fully saturated rings. The second kappa shape index (κ2) is 8.66. The molecule has 5 rings (SSSR count). The Morgan fingerprint density at radius 2 is 2.12 bits per heavy atom. The van der Waals surface area contributed by atoms with Crippen LogP contribution in [-0.4, -0.2) is 39.5 Å². The van der Waals surface area contributed by atoms with Crippen molar-refractivity contribution in [2.24, 2.45) is 0 Å². The molecule has 2 saturated heterocycles. The minimum Gasteiger partial charge on any atom is -0.489 e. The van der Waals surface area contributed by atoms with Crippen molar-refractivity contribution < 1.29 is 9.53 Å². The monoisotopic (exact) mass is 445 g/mol. The fourth-order valence-electron chi connectivity index (χ4n) is 3.73. The molecular formula is C24H23N5O2S. The first-order chi connectivity index (χ1) is 15.6. The third kappa shape index (κ3) is 3.84. The van der Waals surface area contributed by atoms with Crippen LogP contribution in [-0.2, 0) is 4.79 Å². The number of rotatable bonds is 6. The topological polar surface area (TPSA) is 71.4 Å². The van der Waals surface area contributed by atoms with Crippen molar-refractivity contribution in [3.8, 4) is 22.7 Å². The second-order valence-corrected chi connectivity index (χ2v) is 8.61. The smallest absolute Gasteiger partial charge is 0.276 e. The summed E-state index contributed by atoms with van der Waals surface area (Å²) in [6.45, 7) is 6.76. The average Bonchev–Trinajstić information content (AvgIpc) is 3.51. The number of fused-ring (bicyclic) bond motifs is 1. The van der Waals surface area contributed by atoms with Gasteiger partial charge in [0.2, 0.25) is 0 Å². The fourth-order valence-corrected chi connectivity index (χ4v) is 4.81. The molecule has 0 radical (unpaired) electrons. The number of nitrogens with one attached hydrogen (secondary N) is 2. The lowest BCUT2D eigenvalue weighted by molar-refractivity contribution is -0.127. The quantitative estimate of drug-likeness (QED) is 0.446. The molecule has 2 aliphatic heterocycles. The molecule has 1 amide bonds. The molecule has 0 bridgehead atoms. The van der Waals surface area contributed by atoms with E-state index in [2.05, 4.69) is 23.4 Å². The number of aryl methyl sites for hydroxylation is 1. The first-order valence-corrected chi connectivity index (χ1v) is 11.2. The zero-order chi connectivity index (χ0) is 22.1. The maximum atomic E-state index is 12.8. The normalized spacial score (nSPS) is 18.9. The number of hydrogen-bond donors (Lipinski definition) is 2. The van der Waals surface area contributed by atoms with Crippen LogP contribution in [0.2, 0.25) is 0 Å². The molecule has 0 saturated carbocycles. The lowest BCUT2D eigenvalue weighted by Gasteiger charge is -2.10. The summed E-state index contributed by atoms with van der Waals surface area (Å²) in [4.78, 5) is 13.5. The summed E-state index contributed by atoms with van der Waals surface area (Å²) < 4.78 is 7.57. The number of ether oxygens (including phenoxy) is 1. The van der Waals surface area contributed by atoms with Gasteiger partial charge in [0.15, 0.2) is 5.50 Å². The van der Waals surface area contributed by atoms with Crippen LogP contribution in [0.1, 0.15) is 11.1 Å². The molecule has 1 atom stereocenters. The van der Waals surface area contributed by atoms with Gasteiger partial charge in [0.1, 0.15) is 18.1 Å². The Hall–Kier alpha value is -3.33. The minimum atomic E-state index is -0.0788. The predicted molar refractivity (Wildman–Crippen MR) is 127 cm³/mol. The number of carbonyl (C=O) groups is 1. The van der Waals surface area contributed by atoms with E-state index in [0.29, 0.717) is 18.2 Å². The molecule has 2 N–H and O–H groups in total. The number of para-hydroxylation sites is 1. The molecule has 1 unspecified atom stereocenters. The van der Waals surface area contributed by atoms with Crippen molar-refractivity contribution in [3.05, 3.63) is 83.4 Å². The van der Waals surface area contributed by atoms with Crippen LogP contribution in [0.5, 0.6) is 5.75 Å². The number of thioether (sulfide) groups is 1. The highest BCUT2D eigenvalue weighted by Gasteiger charge is 2.39. The van der Waals surface area contributed by atoms with Crippen molar-refractivity contribution in [2.45, 2.75) is 12.4 Å². The lowest BCUT2D eigenvalue weighted by atomic mass is 10.0. The minimum absolute atomic E-state index is 0.0345. The zero-order valence-corrected chi connectivity index (χ0v) is 18.4. The van der Waals surface area contributed by atoms with Gasteiger partial charge in [-0.2, -0.15) is 5.10 Å². The molecular weight excluding hydrogens is 422 g/mol. The number of nitrogens with zero attached hydrogens (tertiary/aromatic N) is 3. The van der Waals surface area contributed by atoms with Crippen molar-refractivity contribution in [2.75, 3.05) is 13.3 Å². The molecule has 3 aromatic rings. The van der Waals surface area contributed by atoms with Crippen molar-refractivity contribution in [1.29, 1.82) is 0 Å². The van der Waals surface area contributed by atoms with E-state index < -0.39 is 0 Å². The van der Waals surface area contributed by atoms with E-state index in [-0.39, 0.29) is 11.4 Å². The van der Waals surface area contributed by atoms with E-state index in [1.165, 1.54) is 11.8 Å². The lowest BCUT2D eigenvalue weighted by Crippen LogP contribution is -2.36. The molecule has 2 aliphatic rings. The summed E-state index contributed by atoms with van der Waals surface area (Å²) in [6, 6.07) is 15.9. The largest absolute Gasteiger partial charge is 0.489 e. The average molecular weight is 446 g/mol. The van der Waals surface area contributed by atoms with Gasteiger partial charge in [0, 0.05) is 17.3 Å². The summed E-state index contributed by atoms with van der Waals surface area (Å²) in [6.07, 6.45) is 5.62. The van der Waals surface area contributed by atoms with Crippen LogP contribution in [0, 0.1) is 6.92 Å². The summed E-state index contributed by atoms with van der Waals surface area (Å²) in [5, 5.41) is 9.75. The highest BCUT2D eigenvalue weighted by atomic mass is 32.2. The Morgan fingerprint density at radius 1 is 1.28 bits per heavy atom. The predicted octanol–water partition coefficient (Wildman–Crippen LogP) is 3.68. The Morgan fingerprint density at radius 3 is 2.88 bits per heavy atom. The van der Waals surface area contributed by atoms with Crippen LogP contribution in [0.4, 0.5) is 0 Å². The van der Waals surface area contributed by atoms with Crippen LogP contribution in [0.3, 0.4) is 0 Å². The third-order valence-corrected chi connectivity index (χ3v) is 6.43. The second-order valence-electron chi connectivity index (χ2n) is 7.49. The zero-order valence-electron chi connectivity index (χ0n) is 17.6. The maximum absolute atomic E-state index is 12.8. The third-order valence-electron chi connectivity index (χ3n) is 5.28. The molecule has 32 heavy (non-hydrogen) atoms. The summed E-state index contributed by atoms with van der Waals surface area (Å²) in [5.74, 6) is 0.781. The number of hydrogen-bond acceptors (Lipinski definition) is 6. The molecule has 8 heteroatoms. The Bertz CT molecular complexity index is 1200. The van der Waals surface area contributed by atoms with Crippen LogP contribution >= 0.6 is 11.8 Å². The van der Waals surface area contributed by atoms with E-state index in [1.807, 2.05) is 66.3 Å². The van der Waals surface area contributed by atoms with Gasteiger partial charge in [-0.1, -0.05) is 42.6 Å². The Labute approximate surface area is 190 Å². The standard InChI is InChI=1S/C24H23N5O2S/c1-3-11-31-20-10-9-17(12-16(20)2)22-18(14-28(27-22)19-7-5-4-6-8-19)13-21-23(30)29-24(32-21)25-15-26-29/h3-10,12-14,24-26H,1,11,15H2,2H3/b21-13-. The fraction of sp³-hybridized carbons (Fsp3) is 0.167. The van der Waals surface area contributed by atoms with E-state index in [9.17, 15) is 4.79 Å². The van der Waals surface area contributed by atoms with Gasteiger partial charge in [-0.15, -0.1) is 0 Å². The first kappa shape index (κ1) is 20.6. The van der Waals surface area contributed by atoms with Crippen LogP contribution in [0.15, 0.2) is 72.3 Å². The summed E-state index contributed by atoms with van der Waals surface area (Å²) >= 11 is 1.51. The maximum Gasteiger partial charge on any atom is 0.276 e. The van der Waals surface area contributed by atoms with Crippen molar-refractivity contribution in [3.63, 3.8) is 0 Å². The number of benzene rings is 2. The van der Waals surface area contributed by atoms with Gasteiger partial charge in [0.25, 0.3) is 5.91 Å². The molecule has 162 valence electrons. The van der Waals surface area contributed by atoms with Gasteiger partial charge in [0.05, 0.1) is 17.3 Å². The Balaban J connectivity index is 1.56. The number of amides is 1. The molecule has 0 aliphatic carbocycles. The van der Waals surface area contributed by atoms with E-state index in [1.54, 1.807) is 11.1 Å². The van der Waals surface area contributed by atoms with Crippen molar-refractivity contribution in [1.82, 2.24) is 25.5 Å². The molecule has 0 spiro atoms.